The van der Waals surface area contributed by atoms with Gasteiger partial charge in [0.2, 0.25) is 0 Å². The average molecular weight is 265 g/mol. The molecule has 0 fully saturated rings. The van der Waals surface area contributed by atoms with E-state index in [9.17, 15) is 8.78 Å². The molecule has 0 aromatic heterocycles. The maximum Gasteiger partial charge on any atom is 0.131 e. The first kappa shape index (κ1) is 11.6. The maximum absolute atomic E-state index is 13.4. The molecule has 14 heavy (non-hydrogen) atoms. The molecule has 1 aromatic carbocycles. The summed E-state index contributed by atoms with van der Waals surface area (Å²) in [6.45, 7) is 2.87. The standard InChI is InChI=1S/C10H11BrF2O/c1-10(2,5-14)9-7(12)3-6(11)4-8(9)13/h3-4,14H,5H2,1-2H3. The van der Waals surface area contributed by atoms with Crippen LogP contribution in [0.3, 0.4) is 0 Å². The van der Waals surface area contributed by atoms with Crippen LogP contribution in [0, 0.1) is 11.6 Å². The van der Waals surface area contributed by atoms with Gasteiger partial charge >= 0.3 is 0 Å². The lowest BCUT2D eigenvalue weighted by atomic mass is 9.85. The molecular weight excluding hydrogens is 254 g/mol. The van der Waals surface area contributed by atoms with Crippen molar-refractivity contribution >= 4 is 15.9 Å². The van der Waals surface area contributed by atoms with Gasteiger partial charge < -0.3 is 5.11 Å². The van der Waals surface area contributed by atoms with Crippen LogP contribution in [0.2, 0.25) is 0 Å². The van der Waals surface area contributed by atoms with Crippen LogP contribution < -0.4 is 0 Å². The predicted molar refractivity (Wildman–Crippen MR) is 54.2 cm³/mol. The van der Waals surface area contributed by atoms with Gasteiger partial charge in [0.05, 0.1) is 6.61 Å². The molecule has 1 nitrogen and oxygen atoms in total. The molecule has 0 saturated heterocycles. The second kappa shape index (κ2) is 3.95. The first-order valence-electron chi connectivity index (χ1n) is 4.14. The Morgan fingerprint density at radius 3 is 2.07 bits per heavy atom. The fourth-order valence-electron chi connectivity index (χ4n) is 1.27. The van der Waals surface area contributed by atoms with Crippen molar-refractivity contribution in [2.45, 2.75) is 19.3 Å². The maximum atomic E-state index is 13.4. The Morgan fingerprint density at radius 1 is 1.29 bits per heavy atom. The first-order valence-corrected chi connectivity index (χ1v) is 4.93. The number of rotatable bonds is 2. The monoisotopic (exact) mass is 264 g/mol. The highest BCUT2D eigenvalue weighted by atomic mass is 79.9. The Hall–Kier alpha value is -0.480. The van der Waals surface area contributed by atoms with E-state index in [-0.39, 0.29) is 12.2 Å². The molecule has 0 amide bonds. The van der Waals surface area contributed by atoms with Crippen LogP contribution in [0.5, 0.6) is 0 Å². The van der Waals surface area contributed by atoms with Crippen molar-refractivity contribution in [3.63, 3.8) is 0 Å². The first-order chi connectivity index (χ1) is 6.38. The molecule has 1 N–H and O–H groups in total. The number of hydrogen-bond acceptors (Lipinski definition) is 1. The summed E-state index contributed by atoms with van der Waals surface area (Å²) in [7, 11) is 0. The molecule has 1 rings (SSSR count). The van der Waals surface area contributed by atoms with Crippen molar-refractivity contribution in [1.29, 1.82) is 0 Å². The Labute approximate surface area is 89.9 Å². The van der Waals surface area contributed by atoms with Gasteiger partial charge in [-0.05, 0) is 12.1 Å². The Balaban J connectivity index is 3.35. The topological polar surface area (TPSA) is 20.2 Å². The minimum Gasteiger partial charge on any atom is -0.395 e. The van der Waals surface area contributed by atoms with Crippen molar-refractivity contribution in [2.75, 3.05) is 6.61 Å². The number of benzene rings is 1. The predicted octanol–water partition coefficient (Wildman–Crippen LogP) is 3.00. The third-order valence-electron chi connectivity index (χ3n) is 2.08. The van der Waals surface area contributed by atoms with Crippen LogP contribution in [0.4, 0.5) is 8.78 Å². The number of aliphatic hydroxyl groups is 1. The Kier molecular flexibility index (Phi) is 3.27. The lowest BCUT2D eigenvalue weighted by molar-refractivity contribution is 0.211. The van der Waals surface area contributed by atoms with Gasteiger partial charge in [0, 0.05) is 15.5 Å². The van der Waals surface area contributed by atoms with Gasteiger partial charge in [-0.1, -0.05) is 29.8 Å². The molecule has 0 atom stereocenters. The summed E-state index contributed by atoms with van der Waals surface area (Å²) < 4.78 is 27.2. The second-order valence-corrected chi connectivity index (χ2v) is 4.70. The zero-order chi connectivity index (χ0) is 10.9. The van der Waals surface area contributed by atoms with Crippen molar-refractivity contribution in [3.05, 3.63) is 33.8 Å². The normalized spacial score (nSPS) is 11.9. The minimum atomic E-state index is -0.908. The van der Waals surface area contributed by atoms with Crippen LogP contribution in [0.25, 0.3) is 0 Å². The van der Waals surface area contributed by atoms with Gasteiger partial charge in [0.15, 0.2) is 0 Å². The molecule has 0 spiro atoms. The zero-order valence-electron chi connectivity index (χ0n) is 7.94. The van der Waals surface area contributed by atoms with Crippen molar-refractivity contribution < 1.29 is 13.9 Å². The highest BCUT2D eigenvalue weighted by molar-refractivity contribution is 9.10. The van der Waals surface area contributed by atoms with Crippen LogP contribution in [0.1, 0.15) is 19.4 Å². The third kappa shape index (κ3) is 2.12. The van der Waals surface area contributed by atoms with Crippen LogP contribution in [-0.2, 0) is 5.41 Å². The molecule has 78 valence electrons. The van der Waals surface area contributed by atoms with E-state index < -0.39 is 17.0 Å². The summed E-state index contributed by atoms with van der Waals surface area (Å²) in [5, 5.41) is 9.02. The summed E-state index contributed by atoms with van der Waals surface area (Å²) in [5.74, 6) is -1.29. The lowest BCUT2D eigenvalue weighted by Gasteiger charge is -2.23. The molecule has 0 aliphatic heterocycles. The fraction of sp³-hybridized carbons (Fsp3) is 0.400. The Bertz CT molecular complexity index is 327. The lowest BCUT2D eigenvalue weighted by Crippen LogP contribution is -2.25. The summed E-state index contributed by atoms with van der Waals surface area (Å²) in [6.07, 6.45) is 0. The zero-order valence-corrected chi connectivity index (χ0v) is 9.53. The summed E-state index contributed by atoms with van der Waals surface area (Å²) >= 11 is 2.99. The van der Waals surface area contributed by atoms with Gasteiger partial charge in [-0.25, -0.2) is 8.78 Å². The van der Waals surface area contributed by atoms with Crippen LogP contribution in [-0.4, -0.2) is 11.7 Å². The van der Waals surface area contributed by atoms with Gasteiger partial charge in [0.25, 0.3) is 0 Å². The van der Waals surface area contributed by atoms with E-state index in [1.165, 1.54) is 12.1 Å². The highest BCUT2D eigenvalue weighted by Gasteiger charge is 2.27. The molecular formula is C10H11BrF2O. The smallest absolute Gasteiger partial charge is 0.131 e. The molecule has 0 aliphatic rings. The third-order valence-corrected chi connectivity index (χ3v) is 2.54. The van der Waals surface area contributed by atoms with Gasteiger partial charge in [-0.2, -0.15) is 0 Å². The summed E-state index contributed by atoms with van der Waals surface area (Å²) in [5.41, 5.74) is -0.988. The van der Waals surface area contributed by atoms with Gasteiger partial charge in [-0.15, -0.1) is 0 Å². The Morgan fingerprint density at radius 2 is 1.71 bits per heavy atom. The van der Waals surface area contributed by atoms with Crippen LogP contribution in [0.15, 0.2) is 16.6 Å². The van der Waals surface area contributed by atoms with E-state index in [1.54, 1.807) is 13.8 Å². The largest absolute Gasteiger partial charge is 0.395 e. The molecule has 0 radical (unpaired) electrons. The molecule has 4 heteroatoms. The van der Waals surface area contributed by atoms with E-state index in [2.05, 4.69) is 15.9 Å². The number of halogens is 3. The summed E-state index contributed by atoms with van der Waals surface area (Å²) in [6, 6.07) is 2.38. The number of hydrogen-bond donors (Lipinski definition) is 1. The van der Waals surface area contributed by atoms with E-state index in [0.717, 1.165) is 0 Å². The quantitative estimate of drug-likeness (QED) is 0.871. The molecule has 1 aromatic rings. The molecule has 0 heterocycles. The van der Waals surface area contributed by atoms with E-state index in [4.69, 9.17) is 5.11 Å². The molecule has 0 aliphatic carbocycles. The fourth-order valence-corrected chi connectivity index (χ4v) is 1.67. The van der Waals surface area contributed by atoms with Crippen molar-refractivity contribution in [3.8, 4) is 0 Å². The molecule has 0 saturated carbocycles. The van der Waals surface area contributed by atoms with Crippen molar-refractivity contribution in [2.24, 2.45) is 0 Å². The van der Waals surface area contributed by atoms with Gasteiger partial charge in [0.1, 0.15) is 11.6 Å². The number of aliphatic hydroxyl groups excluding tert-OH is 1. The summed E-state index contributed by atoms with van der Waals surface area (Å²) in [4.78, 5) is 0. The van der Waals surface area contributed by atoms with Crippen LogP contribution >= 0.6 is 15.9 Å². The van der Waals surface area contributed by atoms with Crippen molar-refractivity contribution in [1.82, 2.24) is 0 Å². The highest BCUT2D eigenvalue weighted by Crippen LogP contribution is 2.30. The van der Waals surface area contributed by atoms with Gasteiger partial charge in [-0.3, -0.25) is 0 Å². The second-order valence-electron chi connectivity index (χ2n) is 3.79. The molecule has 0 bridgehead atoms. The SMILES string of the molecule is CC(C)(CO)c1c(F)cc(Br)cc1F. The minimum absolute atomic E-state index is 0.0804. The van der Waals surface area contributed by atoms with E-state index >= 15 is 0 Å². The van der Waals surface area contributed by atoms with E-state index in [0.29, 0.717) is 4.47 Å². The average Bonchev–Trinajstić information content (AvgIpc) is 2.01. The molecule has 0 unspecified atom stereocenters. The van der Waals surface area contributed by atoms with E-state index in [1.807, 2.05) is 0 Å².